The van der Waals surface area contributed by atoms with Gasteiger partial charge in [-0.3, -0.25) is 9.69 Å². The minimum atomic E-state index is 0.226. The molecule has 0 unspecified atom stereocenters. The number of rotatable bonds is 19. The van der Waals surface area contributed by atoms with Crippen molar-refractivity contribution in [2.45, 2.75) is 103 Å². The summed E-state index contributed by atoms with van der Waals surface area (Å²) in [7, 11) is 0. The molecule has 170 valence electrons. The maximum Gasteiger partial charge on any atom is 0.219 e. The highest BCUT2D eigenvalue weighted by Gasteiger charge is 2.09. The van der Waals surface area contributed by atoms with E-state index >= 15 is 0 Å². The first kappa shape index (κ1) is 26.2. The molecule has 1 saturated heterocycles. The van der Waals surface area contributed by atoms with E-state index < -0.39 is 0 Å². The fraction of sp³-hybridized carbons (Fsp3) is 0.880. The zero-order valence-corrected chi connectivity index (χ0v) is 19.3. The van der Waals surface area contributed by atoms with Gasteiger partial charge in [-0.15, -0.1) is 0 Å². The molecule has 1 N–H and O–H groups in total. The molecule has 0 aromatic carbocycles. The van der Waals surface area contributed by atoms with E-state index in [0.29, 0.717) is 6.42 Å². The van der Waals surface area contributed by atoms with E-state index in [-0.39, 0.29) is 5.91 Å². The summed E-state index contributed by atoms with van der Waals surface area (Å²) in [5.41, 5.74) is 0. The first-order valence-corrected chi connectivity index (χ1v) is 12.5. The Hall–Kier alpha value is -0.870. The van der Waals surface area contributed by atoms with Gasteiger partial charge in [0, 0.05) is 26.1 Å². The Morgan fingerprint density at radius 3 is 2.07 bits per heavy atom. The summed E-state index contributed by atoms with van der Waals surface area (Å²) in [5.74, 6) is 0.226. The molecule has 1 fully saturated rings. The number of hydrogen-bond acceptors (Lipinski definition) is 3. The van der Waals surface area contributed by atoms with Crippen molar-refractivity contribution in [3.8, 4) is 0 Å². The quantitative estimate of drug-likeness (QED) is 0.215. The first-order valence-electron chi connectivity index (χ1n) is 12.5. The average Bonchev–Trinajstić information content (AvgIpc) is 2.75. The molecule has 0 aliphatic carbocycles. The van der Waals surface area contributed by atoms with E-state index in [0.717, 1.165) is 52.2 Å². The molecule has 4 nitrogen and oxygen atoms in total. The van der Waals surface area contributed by atoms with E-state index in [1.165, 1.54) is 77.0 Å². The van der Waals surface area contributed by atoms with Crippen molar-refractivity contribution in [1.82, 2.24) is 10.2 Å². The van der Waals surface area contributed by atoms with Crippen molar-refractivity contribution in [1.29, 1.82) is 0 Å². The Labute approximate surface area is 180 Å². The van der Waals surface area contributed by atoms with Gasteiger partial charge in [-0.2, -0.15) is 0 Å². The molecule has 1 amide bonds. The minimum Gasteiger partial charge on any atom is -0.379 e. The molecule has 29 heavy (non-hydrogen) atoms. The maximum atomic E-state index is 11.9. The standard InChI is InChI=1S/C25H48N2O2/c1-2-3-4-5-6-7-8-9-10-11-12-13-14-15-16-18-25(28)26-19-17-20-27-21-23-29-24-22-27/h9-10H,2-8,11-24H2,1H3,(H,26,28)/b10-9-. The molecule has 0 aromatic rings. The largest absolute Gasteiger partial charge is 0.379 e. The number of allylic oxidation sites excluding steroid dienone is 2. The minimum absolute atomic E-state index is 0.226. The Kier molecular flexibility index (Phi) is 18.4. The van der Waals surface area contributed by atoms with E-state index in [1.54, 1.807) is 0 Å². The third kappa shape index (κ3) is 17.7. The monoisotopic (exact) mass is 408 g/mol. The molecule has 0 atom stereocenters. The highest BCUT2D eigenvalue weighted by atomic mass is 16.5. The van der Waals surface area contributed by atoms with E-state index in [9.17, 15) is 4.79 Å². The van der Waals surface area contributed by atoms with Gasteiger partial charge in [0.15, 0.2) is 0 Å². The lowest BCUT2D eigenvalue weighted by molar-refractivity contribution is -0.121. The predicted molar refractivity (Wildman–Crippen MR) is 124 cm³/mol. The van der Waals surface area contributed by atoms with Gasteiger partial charge in [-0.05, 0) is 45.1 Å². The van der Waals surface area contributed by atoms with Crippen LogP contribution in [0.15, 0.2) is 12.2 Å². The van der Waals surface area contributed by atoms with E-state index in [4.69, 9.17) is 4.74 Å². The molecular weight excluding hydrogens is 360 g/mol. The van der Waals surface area contributed by atoms with Gasteiger partial charge in [-0.25, -0.2) is 0 Å². The summed E-state index contributed by atoms with van der Waals surface area (Å²) in [6.07, 6.45) is 23.3. The van der Waals surface area contributed by atoms with Crippen LogP contribution in [0.1, 0.15) is 103 Å². The topological polar surface area (TPSA) is 41.6 Å². The van der Waals surface area contributed by atoms with Crippen LogP contribution < -0.4 is 5.32 Å². The van der Waals surface area contributed by atoms with Crippen LogP contribution in [0.4, 0.5) is 0 Å². The fourth-order valence-corrected chi connectivity index (χ4v) is 3.80. The molecule has 0 radical (unpaired) electrons. The molecule has 0 bridgehead atoms. The van der Waals surface area contributed by atoms with Gasteiger partial charge in [-0.1, -0.05) is 70.4 Å². The van der Waals surface area contributed by atoms with Crippen molar-refractivity contribution >= 4 is 5.91 Å². The number of morpholine rings is 1. The number of hydrogen-bond donors (Lipinski definition) is 1. The summed E-state index contributed by atoms with van der Waals surface area (Å²) in [4.78, 5) is 14.3. The second-order valence-corrected chi connectivity index (χ2v) is 8.49. The van der Waals surface area contributed by atoms with Gasteiger partial charge in [0.1, 0.15) is 0 Å². The fourth-order valence-electron chi connectivity index (χ4n) is 3.80. The van der Waals surface area contributed by atoms with Crippen LogP contribution in [0.3, 0.4) is 0 Å². The van der Waals surface area contributed by atoms with E-state index in [2.05, 4.69) is 29.3 Å². The van der Waals surface area contributed by atoms with Crippen LogP contribution >= 0.6 is 0 Å². The zero-order valence-electron chi connectivity index (χ0n) is 19.3. The summed E-state index contributed by atoms with van der Waals surface area (Å²) >= 11 is 0. The van der Waals surface area contributed by atoms with Gasteiger partial charge >= 0.3 is 0 Å². The third-order valence-electron chi connectivity index (χ3n) is 5.74. The lowest BCUT2D eigenvalue weighted by Gasteiger charge is -2.26. The molecule has 0 spiro atoms. The summed E-state index contributed by atoms with van der Waals surface area (Å²) in [5, 5.41) is 3.07. The molecular formula is C25H48N2O2. The first-order chi connectivity index (χ1) is 14.3. The zero-order chi connectivity index (χ0) is 20.8. The Morgan fingerprint density at radius 1 is 0.828 bits per heavy atom. The van der Waals surface area contributed by atoms with Crippen molar-refractivity contribution in [2.75, 3.05) is 39.4 Å². The third-order valence-corrected chi connectivity index (χ3v) is 5.74. The Balaban J connectivity index is 1.76. The highest BCUT2D eigenvalue weighted by molar-refractivity contribution is 5.75. The van der Waals surface area contributed by atoms with Crippen molar-refractivity contribution in [2.24, 2.45) is 0 Å². The number of nitrogens with one attached hydrogen (secondary N) is 1. The molecule has 1 heterocycles. The lowest BCUT2D eigenvalue weighted by Crippen LogP contribution is -2.38. The molecule has 1 aliphatic heterocycles. The molecule has 0 aromatic heterocycles. The summed E-state index contributed by atoms with van der Waals surface area (Å²) in [6.45, 7) is 7.91. The van der Waals surface area contributed by atoms with Gasteiger partial charge in [0.05, 0.1) is 13.2 Å². The van der Waals surface area contributed by atoms with Crippen molar-refractivity contribution in [3.05, 3.63) is 12.2 Å². The van der Waals surface area contributed by atoms with Crippen LogP contribution in [0, 0.1) is 0 Å². The summed E-state index contributed by atoms with van der Waals surface area (Å²) < 4.78 is 5.35. The SMILES string of the molecule is CCCCCCCC/C=C\CCCCCCCC(=O)NCCCN1CCOCC1. The maximum absolute atomic E-state index is 11.9. The molecule has 1 rings (SSSR count). The van der Waals surface area contributed by atoms with Crippen molar-refractivity contribution in [3.63, 3.8) is 0 Å². The Morgan fingerprint density at radius 2 is 1.41 bits per heavy atom. The van der Waals surface area contributed by atoms with E-state index in [1.807, 2.05) is 0 Å². The Bertz CT molecular complexity index is 392. The van der Waals surface area contributed by atoms with Crippen LogP contribution in [0.5, 0.6) is 0 Å². The second-order valence-electron chi connectivity index (χ2n) is 8.49. The van der Waals surface area contributed by atoms with Gasteiger partial charge in [0.25, 0.3) is 0 Å². The number of ether oxygens (including phenoxy) is 1. The van der Waals surface area contributed by atoms with Crippen LogP contribution in [0.2, 0.25) is 0 Å². The summed E-state index contributed by atoms with van der Waals surface area (Å²) in [6, 6.07) is 0. The number of unbranched alkanes of at least 4 members (excludes halogenated alkanes) is 11. The van der Waals surface area contributed by atoms with Gasteiger partial charge in [0.2, 0.25) is 5.91 Å². The lowest BCUT2D eigenvalue weighted by atomic mass is 10.1. The molecule has 4 heteroatoms. The van der Waals surface area contributed by atoms with Crippen LogP contribution in [0.25, 0.3) is 0 Å². The number of carbonyl (C=O) groups is 1. The average molecular weight is 409 g/mol. The van der Waals surface area contributed by atoms with Crippen LogP contribution in [-0.2, 0) is 9.53 Å². The van der Waals surface area contributed by atoms with Crippen LogP contribution in [-0.4, -0.2) is 50.2 Å². The second kappa shape index (κ2) is 20.4. The van der Waals surface area contributed by atoms with Crippen molar-refractivity contribution < 1.29 is 9.53 Å². The molecule has 0 saturated carbocycles. The molecule has 1 aliphatic rings. The number of carbonyl (C=O) groups excluding carboxylic acids is 1. The number of nitrogens with zero attached hydrogens (tertiary/aromatic N) is 1. The van der Waals surface area contributed by atoms with Gasteiger partial charge < -0.3 is 10.1 Å². The number of amides is 1. The predicted octanol–water partition coefficient (Wildman–Crippen LogP) is 5.86. The highest BCUT2D eigenvalue weighted by Crippen LogP contribution is 2.10. The smallest absolute Gasteiger partial charge is 0.219 e. The normalized spacial score (nSPS) is 15.2.